The zero-order valence-corrected chi connectivity index (χ0v) is 9.94. The number of nitrogens with one attached hydrogen (secondary N) is 2. The van der Waals surface area contributed by atoms with Crippen LogP contribution in [0.5, 0.6) is 5.75 Å². The number of phenols is 1. The van der Waals surface area contributed by atoms with Crippen LogP contribution in [0.1, 0.15) is 18.9 Å². The Balaban J connectivity index is 1.90. The van der Waals surface area contributed by atoms with Gasteiger partial charge in [0.1, 0.15) is 5.75 Å². The van der Waals surface area contributed by atoms with Gasteiger partial charge in [0.2, 0.25) is 5.91 Å². The van der Waals surface area contributed by atoms with Gasteiger partial charge in [-0.3, -0.25) is 4.79 Å². The Morgan fingerprint density at radius 2 is 2.29 bits per heavy atom. The van der Waals surface area contributed by atoms with Gasteiger partial charge in [-0.1, -0.05) is 18.2 Å². The first-order valence-electron chi connectivity index (χ1n) is 5.96. The minimum absolute atomic E-state index is 0.0425. The smallest absolute Gasteiger partial charge is 0.224 e. The van der Waals surface area contributed by atoms with E-state index in [-0.39, 0.29) is 23.6 Å². The van der Waals surface area contributed by atoms with Crippen LogP contribution < -0.4 is 10.6 Å². The number of benzene rings is 1. The minimum Gasteiger partial charge on any atom is -0.508 e. The molecule has 0 radical (unpaired) electrons. The van der Waals surface area contributed by atoms with Crippen molar-refractivity contribution in [3.8, 4) is 5.75 Å². The quantitative estimate of drug-likeness (QED) is 0.731. The number of carbonyl (C=O) groups is 1. The summed E-state index contributed by atoms with van der Waals surface area (Å²) in [6, 6.07) is 7.29. The largest absolute Gasteiger partial charge is 0.508 e. The van der Waals surface area contributed by atoms with Gasteiger partial charge >= 0.3 is 0 Å². The Morgan fingerprint density at radius 3 is 2.94 bits per heavy atom. The maximum atomic E-state index is 11.9. The third-order valence-corrected chi connectivity index (χ3v) is 3.31. The summed E-state index contributed by atoms with van der Waals surface area (Å²) in [5, 5.41) is 15.7. The van der Waals surface area contributed by atoms with Crippen LogP contribution in [0.25, 0.3) is 0 Å². The Hall–Kier alpha value is -1.55. The van der Waals surface area contributed by atoms with Gasteiger partial charge in [0.15, 0.2) is 0 Å². The molecule has 1 amide bonds. The summed E-state index contributed by atoms with van der Waals surface area (Å²) in [7, 11) is 0. The molecule has 1 aromatic carbocycles. The van der Waals surface area contributed by atoms with Crippen molar-refractivity contribution in [1.29, 1.82) is 0 Å². The van der Waals surface area contributed by atoms with E-state index in [1.54, 1.807) is 12.1 Å². The first-order valence-corrected chi connectivity index (χ1v) is 5.96. The zero-order chi connectivity index (χ0) is 12.3. The molecule has 3 N–H and O–H groups in total. The molecule has 2 rings (SSSR count). The number of amides is 1. The predicted molar refractivity (Wildman–Crippen MR) is 65.5 cm³/mol. The SMILES string of the molecule is CC1NCCC1C(=O)NCc1ccccc1O. The standard InChI is InChI=1S/C13H18N2O2/c1-9-11(6-7-14-9)13(17)15-8-10-4-2-3-5-12(10)16/h2-5,9,11,14,16H,6-8H2,1H3,(H,15,17). The molecule has 4 heteroatoms. The lowest BCUT2D eigenvalue weighted by molar-refractivity contribution is -0.125. The normalized spacial score (nSPS) is 23.6. The van der Waals surface area contributed by atoms with Crippen molar-refractivity contribution in [2.45, 2.75) is 25.9 Å². The van der Waals surface area contributed by atoms with Crippen LogP contribution in [0, 0.1) is 5.92 Å². The van der Waals surface area contributed by atoms with Gasteiger partial charge in [0, 0.05) is 18.2 Å². The summed E-state index contributed by atoms with van der Waals surface area (Å²) in [5.74, 6) is 0.331. The van der Waals surface area contributed by atoms with Crippen LogP contribution in [0.3, 0.4) is 0 Å². The summed E-state index contributed by atoms with van der Waals surface area (Å²) < 4.78 is 0. The molecule has 1 fully saturated rings. The highest BCUT2D eigenvalue weighted by molar-refractivity contribution is 5.79. The number of rotatable bonds is 3. The third kappa shape index (κ3) is 2.77. The molecule has 1 aliphatic rings. The molecule has 2 unspecified atom stereocenters. The zero-order valence-electron chi connectivity index (χ0n) is 9.94. The van der Waals surface area contributed by atoms with Crippen LogP contribution in [0.4, 0.5) is 0 Å². The molecule has 1 heterocycles. The van der Waals surface area contributed by atoms with E-state index in [0.717, 1.165) is 18.5 Å². The van der Waals surface area contributed by atoms with Gasteiger partial charge in [0.05, 0.1) is 5.92 Å². The molecule has 0 aromatic heterocycles. The summed E-state index contributed by atoms with van der Waals surface area (Å²) in [6.07, 6.45) is 0.883. The van der Waals surface area contributed by atoms with E-state index in [9.17, 15) is 9.90 Å². The van der Waals surface area contributed by atoms with Gasteiger partial charge in [-0.2, -0.15) is 0 Å². The lowest BCUT2D eigenvalue weighted by atomic mass is 10.0. The summed E-state index contributed by atoms with van der Waals surface area (Å²) >= 11 is 0. The van der Waals surface area contributed by atoms with E-state index in [1.807, 2.05) is 19.1 Å². The highest BCUT2D eigenvalue weighted by Gasteiger charge is 2.28. The topological polar surface area (TPSA) is 61.4 Å². The average Bonchev–Trinajstić information content (AvgIpc) is 2.74. The fourth-order valence-electron chi connectivity index (χ4n) is 2.19. The fraction of sp³-hybridized carbons (Fsp3) is 0.462. The monoisotopic (exact) mass is 234 g/mol. The average molecular weight is 234 g/mol. The molecule has 92 valence electrons. The molecular weight excluding hydrogens is 216 g/mol. The van der Waals surface area contributed by atoms with Gasteiger partial charge in [-0.05, 0) is 26.0 Å². The number of aromatic hydroxyl groups is 1. The molecule has 0 spiro atoms. The third-order valence-electron chi connectivity index (χ3n) is 3.31. The number of phenolic OH excluding ortho intramolecular Hbond substituents is 1. The van der Waals surface area contributed by atoms with Crippen LogP contribution in [-0.4, -0.2) is 23.6 Å². The number of para-hydroxylation sites is 1. The second-order valence-corrected chi connectivity index (χ2v) is 4.48. The Kier molecular flexibility index (Phi) is 3.64. The fourth-order valence-corrected chi connectivity index (χ4v) is 2.19. The van der Waals surface area contributed by atoms with Crippen molar-refractivity contribution >= 4 is 5.91 Å². The first kappa shape index (κ1) is 11.9. The highest BCUT2D eigenvalue weighted by Crippen LogP contribution is 2.17. The van der Waals surface area contributed by atoms with E-state index in [0.29, 0.717) is 6.54 Å². The molecule has 0 saturated carbocycles. The van der Waals surface area contributed by atoms with Crippen molar-refractivity contribution in [1.82, 2.24) is 10.6 Å². The molecule has 1 aliphatic heterocycles. The van der Waals surface area contributed by atoms with E-state index in [1.165, 1.54) is 0 Å². The van der Waals surface area contributed by atoms with Gasteiger partial charge in [-0.15, -0.1) is 0 Å². The number of hydrogen-bond donors (Lipinski definition) is 3. The molecule has 17 heavy (non-hydrogen) atoms. The Labute approximate surface area is 101 Å². The van der Waals surface area contributed by atoms with Crippen molar-refractivity contribution in [2.24, 2.45) is 5.92 Å². The highest BCUT2D eigenvalue weighted by atomic mass is 16.3. The lowest BCUT2D eigenvalue weighted by Gasteiger charge is -2.15. The summed E-state index contributed by atoms with van der Waals surface area (Å²) in [6.45, 7) is 3.31. The van der Waals surface area contributed by atoms with Crippen molar-refractivity contribution < 1.29 is 9.90 Å². The van der Waals surface area contributed by atoms with Gasteiger partial charge in [0.25, 0.3) is 0 Å². The van der Waals surface area contributed by atoms with Crippen LogP contribution in [0.15, 0.2) is 24.3 Å². The second kappa shape index (κ2) is 5.19. The molecule has 1 saturated heterocycles. The lowest BCUT2D eigenvalue weighted by Crippen LogP contribution is -2.36. The van der Waals surface area contributed by atoms with Crippen molar-refractivity contribution in [2.75, 3.05) is 6.54 Å². The molecule has 4 nitrogen and oxygen atoms in total. The van der Waals surface area contributed by atoms with E-state index >= 15 is 0 Å². The van der Waals surface area contributed by atoms with Gasteiger partial charge < -0.3 is 15.7 Å². The summed E-state index contributed by atoms with van der Waals surface area (Å²) in [4.78, 5) is 11.9. The van der Waals surface area contributed by atoms with Crippen molar-refractivity contribution in [3.05, 3.63) is 29.8 Å². The number of hydrogen-bond acceptors (Lipinski definition) is 3. The molecule has 1 aromatic rings. The minimum atomic E-state index is 0.0425. The van der Waals surface area contributed by atoms with Crippen LogP contribution in [0.2, 0.25) is 0 Å². The predicted octanol–water partition coefficient (Wildman–Crippen LogP) is 1.01. The van der Waals surface area contributed by atoms with E-state index in [2.05, 4.69) is 10.6 Å². The first-order chi connectivity index (χ1) is 8.18. The van der Waals surface area contributed by atoms with Crippen LogP contribution in [-0.2, 0) is 11.3 Å². The van der Waals surface area contributed by atoms with Crippen molar-refractivity contribution in [3.63, 3.8) is 0 Å². The van der Waals surface area contributed by atoms with E-state index < -0.39 is 0 Å². The Morgan fingerprint density at radius 1 is 1.53 bits per heavy atom. The Bertz CT molecular complexity index is 406. The maximum absolute atomic E-state index is 11.9. The molecule has 2 atom stereocenters. The van der Waals surface area contributed by atoms with Gasteiger partial charge in [-0.25, -0.2) is 0 Å². The van der Waals surface area contributed by atoms with Crippen LogP contribution >= 0.6 is 0 Å². The summed E-state index contributed by atoms with van der Waals surface area (Å²) in [5.41, 5.74) is 0.749. The maximum Gasteiger partial charge on any atom is 0.224 e. The second-order valence-electron chi connectivity index (χ2n) is 4.48. The molecule has 0 bridgehead atoms. The molecule has 0 aliphatic carbocycles. The van der Waals surface area contributed by atoms with E-state index in [4.69, 9.17) is 0 Å². The molecular formula is C13H18N2O2. The number of carbonyl (C=O) groups excluding carboxylic acids is 1.